The van der Waals surface area contributed by atoms with Crippen molar-refractivity contribution in [1.82, 2.24) is 29.8 Å². The highest BCUT2D eigenvalue weighted by Crippen LogP contribution is 2.30. The van der Waals surface area contributed by atoms with Gasteiger partial charge in [-0.2, -0.15) is 0 Å². The van der Waals surface area contributed by atoms with Crippen LogP contribution in [-0.2, 0) is 0 Å². The van der Waals surface area contributed by atoms with Gasteiger partial charge in [0.1, 0.15) is 0 Å². The highest BCUT2D eigenvalue weighted by molar-refractivity contribution is 4.99. The zero-order chi connectivity index (χ0) is 31.4. The third-order valence-electron chi connectivity index (χ3n) is 10.6. The summed E-state index contributed by atoms with van der Waals surface area (Å²) in [6, 6.07) is 5.44. The second-order valence-electron chi connectivity index (χ2n) is 15.7. The summed E-state index contributed by atoms with van der Waals surface area (Å²) in [5, 5.41) is 3.31. The number of likely N-dealkylation sites (N-methyl/N-ethyl adjacent to an activating group) is 2. The topological polar surface area (TPSA) is 28.2 Å². The molecule has 3 unspecified atom stereocenters. The smallest absolute Gasteiger partial charge is 0.0241 e. The van der Waals surface area contributed by atoms with Crippen LogP contribution in [0.15, 0.2) is 0 Å². The van der Waals surface area contributed by atoms with Gasteiger partial charge in [0.2, 0.25) is 0 Å². The molecule has 2 bridgehead atoms. The zero-order valence-electron chi connectivity index (χ0n) is 30.5. The third kappa shape index (κ3) is 13.0. The fourth-order valence-electron chi connectivity index (χ4n) is 7.77. The Kier molecular flexibility index (Phi) is 17.4. The first-order chi connectivity index (χ1) is 19.8. The van der Waals surface area contributed by atoms with Gasteiger partial charge in [-0.1, -0.05) is 26.7 Å². The molecule has 6 heteroatoms. The van der Waals surface area contributed by atoms with Crippen LogP contribution < -0.4 is 5.32 Å². The van der Waals surface area contributed by atoms with Crippen LogP contribution in [0, 0.1) is 11.8 Å². The summed E-state index contributed by atoms with van der Waals surface area (Å²) in [5.74, 6) is 1.81. The summed E-state index contributed by atoms with van der Waals surface area (Å²) >= 11 is 0. The molecule has 5 atom stereocenters. The van der Waals surface area contributed by atoms with Crippen LogP contribution in [0.3, 0.4) is 0 Å². The van der Waals surface area contributed by atoms with Gasteiger partial charge in [-0.05, 0) is 133 Å². The number of likely N-dealkylation sites (tertiary alicyclic amines) is 5. The molecule has 0 aliphatic carbocycles. The number of piperazine rings is 1. The average Bonchev–Trinajstić information content (AvgIpc) is 3.60. The van der Waals surface area contributed by atoms with Gasteiger partial charge in [0.05, 0.1) is 0 Å². The van der Waals surface area contributed by atoms with Gasteiger partial charge in [0, 0.05) is 75.0 Å². The van der Waals surface area contributed by atoms with Crippen LogP contribution in [-0.4, -0.2) is 133 Å². The molecule has 5 rings (SSSR count). The Morgan fingerprint density at radius 2 is 1.10 bits per heavy atom. The van der Waals surface area contributed by atoms with E-state index in [1.807, 2.05) is 0 Å². The van der Waals surface area contributed by atoms with Crippen molar-refractivity contribution in [2.24, 2.45) is 11.8 Å². The molecule has 250 valence electrons. The van der Waals surface area contributed by atoms with E-state index in [9.17, 15) is 0 Å². The number of fused-ring (bicyclic) bond motifs is 2. The van der Waals surface area contributed by atoms with E-state index in [-0.39, 0.29) is 0 Å². The predicted molar refractivity (Wildman–Crippen MR) is 186 cm³/mol. The maximum atomic E-state index is 3.31. The molecule has 1 N–H and O–H groups in total. The Labute approximate surface area is 264 Å². The van der Waals surface area contributed by atoms with Crippen molar-refractivity contribution >= 4 is 0 Å². The van der Waals surface area contributed by atoms with Crippen molar-refractivity contribution in [2.75, 3.05) is 66.5 Å². The molecule has 0 aromatic heterocycles. The maximum Gasteiger partial charge on any atom is 0.0241 e. The maximum absolute atomic E-state index is 3.31. The monoisotopic (exact) mass is 593 g/mol. The van der Waals surface area contributed by atoms with Crippen molar-refractivity contribution in [2.45, 2.75) is 156 Å². The molecule has 5 fully saturated rings. The minimum Gasteiger partial charge on any atom is -0.316 e. The standard InChI is InChI=1S/C10H21N.C9H18N2.C9H19N.C8H18N2/c1-8(2)11-6-9(3)5-10(4)7-11;1-7(2)11-6-8-4-9(11)5-10(8)3;1-9(2)10-7-5-3-4-6-8-10;1-7(2)10-5-4-8(6-10)9-3/h8-10H,5-7H2,1-4H3;7-9H,4-6H2,1-3H3;9H,3-8H2,1-2H3;7-9H,4-6H2,1-3H3/t;8-,9+;;/m.1../s1. The van der Waals surface area contributed by atoms with E-state index < -0.39 is 0 Å². The van der Waals surface area contributed by atoms with Crippen molar-refractivity contribution in [3.8, 4) is 0 Å². The summed E-state index contributed by atoms with van der Waals surface area (Å²) in [7, 11) is 4.30. The molecule has 0 aromatic rings. The summed E-state index contributed by atoms with van der Waals surface area (Å²) < 4.78 is 0. The van der Waals surface area contributed by atoms with Gasteiger partial charge in [-0.3, -0.25) is 9.80 Å². The molecule has 0 amide bonds. The lowest BCUT2D eigenvalue weighted by atomic mass is 9.91. The van der Waals surface area contributed by atoms with Crippen LogP contribution in [0.2, 0.25) is 0 Å². The molecule has 5 aliphatic rings. The number of nitrogens with one attached hydrogen (secondary N) is 1. The Balaban J connectivity index is 0.000000196. The van der Waals surface area contributed by atoms with E-state index in [2.05, 4.69) is 113 Å². The van der Waals surface area contributed by atoms with Crippen molar-refractivity contribution < 1.29 is 0 Å². The van der Waals surface area contributed by atoms with Crippen molar-refractivity contribution in [3.63, 3.8) is 0 Å². The van der Waals surface area contributed by atoms with E-state index in [0.29, 0.717) is 0 Å². The lowest BCUT2D eigenvalue weighted by Crippen LogP contribution is -2.47. The molecule has 5 heterocycles. The lowest BCUT2D eigenvalue weighted by Gasteiger charge is -2.37. The fraction of sp³-hybridized carbons (Fsp3) is 1.00. The first kappa shape index (κ1) is 37.9. The Morgan fingerprint density at radius 1 is 0.548 bits per heavy atom. The molecule has 0 radical (unpaired) electrons. The highest BCUT2D eigenvalue weighted by atomic mass is 15.3. The first-order valence-electron chi connectivity index (χ1n) is 18.2. The quantitative estimate of drug-likeness (QED) is 0.414. The van der Waals surface area contributed by atoms with Gasteiger partial charge in [0.25, 0.3) is 0 Å². The summed E-state index contributed by atoms with van der Waals surface area (Å²) in [4.78, 5) is 12.8. The van der Waals surface area contributed by atoms with E-state index in [4.69, 9.17) is 0 Å². The van der Waals surface area contributed by atoms with Crippen LogP contribution in [0.1, 0.15) is 114 Å². The lowest BCUT2D eigenvalue weighted by molar-refractivity contribution is 0.111. The molecule has 42 heavy (non-hydrogen) atoms. The molecule has 0 aromatic carbocycles. The van der Waals surface area contributed by atoms with Crippen molar-refractivity contribution in [3.05, 3.63) is 0 Å². The zero-order valence-corrected chi connectivity index (χ0v) is 30.5. The van der Waals surface area contributed by atoms with Crippen LogP contribution in [0.5, 0.6) is 0 Å². The number of piperidine rings is 1. The summed E-state index contributed by atoms with van der Waals surface area (Å²) in [5.41, 5.74) is 0. The minimum atomic E-state index is 0.721. The van der Waals surface area contributed by atoms with E-state index >= 15 is 0 Å². The fourth-order valence-corrected chi connectivity index (χ4v) is 7.77. The predicted octanol–water partition coefficient (Wildman–Crippen LogP) is 6.12. The number of rotatable bonds is 5. The van der Waals surface area contributed by atoms with Crippen LogP contribution >= 0.6 is 0 Å². The second-order valence-corrected chi connectivity index (χ2v) is 15.7. The van der Waals surface area contributed by atoms with Gasteiger partial charge in [-0.25, -0.2) is 0 Å². The highest BCUT2D eigenvalue weighted by Gasteiger charge is 2.42. The molecular formula is C36H76N6. The molecule has 0 spiro atoms. The van der Waals surface area contributed by atoms with Crippen molar-refractivity contribution in [1.29, 1.82) is 0 Å². The largest absolute Gasteiger partial charge is 0.316 e. The van der Waals surface area contributed by atoms with Gasteiger partial charge in [0.15, 0.2) is 0 Å². The summed E-state index contributed by atoms with van der Waals surface area (Å²) in [6.45, 7) is 33.4. The number of hydrogen-bond acceptors (Lipinski definition) is 6. The molecule has 0 saturated carbocycles. The van der Waals surface area contributed by atoms with Gasteiger partial charge >= 0.3 is 0 Å². The van der Waals surface area contributed by atoms with E-state index in [1.54, 1.807) is 0 Å². The molecular weight excluding hydrogens is 516 g/mol. The first-order valence-corrected chi connectivity index (χ1v) is 18.2. The van der Waals surface area contributed by atoms with Crippen LogP contribution in [0.4, 0.5) is 0 Å². The average molecular weight is 593 g/mol. The Morgan fingerprint density at radius 3 is 1.45 bits per heavy atom. The second kappa shape index (κ2) is 19.3. The third-order valence-corrected chi connectivity index (χ3v) is 10.6. The van der Waals surface area contributed by atoms with E-state index in [1.165, 1.54) is 97.3 Å². The molecule has 6 nitrogen and oxygen atoms in total. The number of hydrogen-bond donors (Lipinski definition) is 1. The Bertz CT molecular complexity index is 676. The number of nitrogens with zero attached hydrogens (tertiary/aromatic N) is 5. The molecule has 5 saturated heterocycles. The molecule has 5 aliphatic heterocycles. The normalized spacial score (nSPS) is 31.6. The summed E-state index contributed by atoms with van der Waals surface area (Å²) in [6.07, 6.45) is 9.87. The van der Waals surface area contributed by atoms with Crippen LogP contribution in [0.25, 0.3) is 0 Å². The van der Waals surface area contributed by atoms with E-state index in [0.717, 1.165) is 54.1 Å². The Hall–Kier alpha value is -0.240. The van der Waals surface area contributed by atoms with Gasteiger partial charge < -0.3 is 20.0 Å². The minimum absolute atomic E-state index is 0.721. The van der Waals surface area contributed by atoms with Gasteiger partial charge in [-0.15, -0.1) is 0 Å². The SMILES string of the molecule is CC(C)N1CCCCCC1.CC(C)N1C[C@H]2C[C@H]1CN2C.CC1CC(C)CN(C(C)C)C1.CNC1CCN(C(C)C)C1.